The Kier molecular flexibility index (Phi) is 3.84. The van der Waals surface area contributed by atoms with Gasteiger partial charge in [0.05, 0.1) is 0 Å². The van der Waals surface area contributed by atoms with Gasteiger partial charge in [-0.1, -0.05) is 29.8 Å². The number of ketones is 1. The van der Waals surface area contributed by atoms with Crippen LogP contribution in [0.25, 0.3) is 0 Å². The van der Waals surface area contributed by atoms with Gasteiger partial charge < -0.3 is 10.3 Å². The zero-order chi connectivity index (χ0) is 15.7. The molecule has 0 atom stereocenters. The zero-order valence-electron chi connectivity index (χ0n) is 13.0. The molecule has 1 aromatic carbocycles. The van der Waals surface area contributed by atoms with E-state index in [-0.39, 0.29) is 11.7 Å². The number of aromatic amines is 1. The van der Waals surface area contributed by atoms with E-state index in [2.05, 4.69) is 16.4 Å². The monoisotopic (exact) mass is 296 g/mol. The molecule has 4 nitrogen and oxygen atoms in total. The molecule has 2 N–H and O–H groups in total. The Bertz CT molecular complexity index is 744. The van der Waals surface area contributed by atoms with Crippen LogP contribution in [0.15, 0.2) is 24.3 Å². The van der Waals surface area contributed by atoms with Crippen LogP contribution >= 0.6 is 0 Å². The Labute approximate surface area is 129 Å². The minimum Gasteiger partial charge on any atom is -0.354 e. The molecule has 0 unspecified atom stereocenters. The third-order valence-electron chi connectivity index (χ3n) is 4.20. The first-order chi connectivity index (χ1) is 10.6. The number of hydrogen-bond donors (Lipinski definition) is 2. The SMILES string of the molecule is Cc1cccc(CNC(=O)c2[nH]c3c(c2C)C(=O)CCC3)c1. The van der Waals surface area contributed by atoms with Crippen LogP contribution in [0.4, 0.5) is 0 Å². The Morgan fingerprint density at radius 3 is 2.82 bits per heavy atom. The number of carbonyl (C=O) groups excluding carboxylic acids is 2. The molecule has 2 aromatic rings. The van der Waals surface area contributed by atoms with E-state index in [0.717, 1.165) is 35.2 Å². The zero-order valence-corrected chi connectivity index (χ0v) is 13.0. The van der Waals surface area contributed by atoms with Crippen molar-refractivity contribution in [2.45, 2.75) is 39.7 Å². The average molecular weight is 296 g/mol. The lowest BCUT2D eigenvalue weighted by atomic mass is 9.94. The van der Waals surface area contributed by atoms with Gasteiger partial charge in [-0.2, -0.15) is 0 Å². The van der Waals surface area contributed by atoms with E-state index in [0.29, 0.717) is 18.7 Å². The number of aromatic nitrogens is 1. The van der Waals surface area contributed by atoms with Crippen molar-refractivity contribution in [2.75, 3.05) is 0 Å². The minimum atomic E-state index is -0.152. The molecule has 1 aliphatic rings. The molecule has 0 saturated carbocycles. The fourth-order valence-corrected chi connectivity index (χ4v) is 3.09. The molecule has 0 spiro atoms. The first kappa shape index (κ1) is 14.6. The van der Waals surface area contributed by atoms with Crippen molar-refractivity contribution in [3.05, 3.63) is 57.9 Å². The molecule has 1 aromatic heterocycles. The summed E-state index contributed by atoms with van der Waals surface area (Å²) in [4.78, 5) is 27.5. The normalized spacial score (nSPS) is 13.8. The molecule has 114 valence electrons. The third-order valence-corrected chi connectivity index (χ3v) is 4.20. The second kappa shape index (κ2) is 5.79. The number of nitrogens with one attached hydrogen (secondary N) is 2. The lowest BCUT2D eigenvalue weighted by Crippen LogP contribution is -2.24. The van der Waals surface area contributed by atoms with Crippen molar-refractivity contribution in [1.82, 2.24) is 10.3 Å². The Hall–Kier alpha value is -2.36. The highest BCUT2D eigenvalue weighted by Crippen LogP contribution is 2.26. The van der Waals surface area contributed by atoms with Crippen molar-refractivity contribution in [2.24, 2.45) is 0 Å². The molecule has 0 aliphatic heterocycles. The fraction of sp³-hybridized carbons (Fsp3) is 0.333. The van der Waals surface area contributed by atoms with Gasteiger partial charge in [0.1, 0.15) is 5.69 Å². The first-order valence-electron chi connectivity index (χ1n) is 7.64. The number of carbonyl (C=O) groups is 2. The van der Waals surface area contributed by atoms with Crippen molar-refractivity contribution in [3.8, 4) is 0 Å². The van der Waals surface area contributed by atoms with Crippen molar-refractivity contribution >= 4 is 11.7 Å². The highest BCUT2D eigenvalue weighted by Gasteiger charge is 2.26. The maximum atomic E-state index is 12.4. The molecule has 1 amide bonds. The van der Waals surface area contributed by atoms with E-state index in [1.165, 1.54) is 5.56 Å². The van der Waals surface area contributed by atoms with Gasteiger partial charge in [0.15, 0.2) is 5.78 Å². The highest BCUT2D eigenvalue weighted by molar-refractivity contribution is 6.04. The number of aryl methyl sites for hydroxylation is 2. The summed E-state index contributed by atoms with van der Waals surface area (Å²) in [5, 5.41) is 2.93. The lowest BCUT2D eigenvalue weighted by Gasteiger charge is -2.09. The van der Waals surface area contributed by atoms with Crippen molar-refractivity contribution in [1.29, 1.82) is 0 Å². The van der Waals surface area contributed by atoms with Crippen molar-refractivity contribution < 1.29 is 9.59 Å². The quantitative estimate of drug-likeness (QED) is 0.914. The van der Waals surface area contributed by atoms with Crippen LogP contribution < -0.4 is 5.32 Å². The minimum absolute atomic E-state index is 0.146. The Morgan fingerprint density at radius 1 is 1.27 bits per heavy atom. The molecule has 3 rings (SSSR count). The summed E-state index contributed by atoms with van der Waals surface area (Å²) in [5.74, 6) is -0.00561. The number of H-pyrrole nitrogens is 1. The summed E-state index contributed by atoms with van der Waals surface area (Å²) in [6, 6.07) is 8.05. The lowest BCUT2D eigenvalue weighted by molar-refractivity contribution is 0.0945. The van der Waals surface area contributed by atoms with Gasteiger partial charge in [-0.25, -0.2) is 0 Å². The van der Waals surface area contributed by atoms with Crippen LogP contribution in [-0.4, -0.2) is 16.7 Å². The third kappa shape index (κ3) is 2.69. The summed E-state index contributed by atoms with van der Waals surface area (Å²) >= 11 is 0. The highest BCUT2D eigenvalue weighted by atomic mass is 16.2. The van der Waals surface area contributed by atoms with Gasteiger partial charge in [0.2, 0.25) is 0 Å². The first-order valence-corrected chi connectivity index (χ1v) is 7.64. The number of hydrogen-bond acceptors (Lipinski definition) is 2. The van der Waals surface area contributed by atoms with E-state index in [9.17, 15) is 9.59 Å². The Morgan fingerprint density at radius 2 is 2.09 bits per heavy atom. The van der Waals surface area contributed by atoms with Crippen molar-refractivity contribution in [3.63, 3.8) is 0 Å². The number of benzene rings is 1. The molecule has 0 radical (unpaired) electrons. The predicted octanol–water partition coefficient (Wildman–Crippen LogP) is 3.08. The average Bonchev–Trinajstić information content (AvgIpc) is 2.83. The summed E-state index contributed by atoms with van der Waals surface area (Å²) < 4.78 is 0. The smallest absolute Gasteiger partial charge is 0.268 e. The van der Waals surface area contributed by atoms with Gasteiger partial charge in [-0.15, -0.1) is 0 Å². The number of amides is 1. The van der Waals surface area contributed by atoms with Crippen LogP contribution in [0.2, 0.25) is 0 Å². The number of rotatable bonds is 3. The van der Waals surface area contributed by atoms with Gasteiger partial charge in [0.25, 0.3) is 5.91 Å². The van der Waals surface area contributed by atoms with E-state index < -0.39 is 0 Å². The molecule has 22 heavy (non-hydrogen) atoms. The fourth-order valence-electron chi connectivity index (χ4n) is 3.09. The molecule has 1 aliphatic carbocycles. The second-order valence-electron chi connectivity index (χ2n) is 5.93. The van der Waals surface area contributed by atoms with Crippen LogP contribution in [0.3, 0.4) is 0 Å². The van der Waals surface area contributed by atoms with Gasteiger partial charge in [0, 0.05) is 24.2 Å². The summed E-state index contributed by atoms with van der Waals surface area (Å²) in [6.45, 7) is 4.36. The largest absolute Gasteiger partial charge is 0.354 e. The Balaban J connectivity index is 1.77. The predicted molar refractivity (Wildman–Crippen MR) is 85.1 cm³/mol. The second-order valence-corrected chi connectivity index (χ2v) is 5.93. The standard InChI is InChI=1S/C18H20N2O2/c1-11-5-3-6-13(9-11)10-19-18(22)17-12(2)16-14(20-17)7-4-8-15(16)21/h3,5-6,9,20H,4,7-8,10H2,1-2H3,(H,19,22). The molecule has 1 heterocycles. The van der Waals surface area contributed by atoms with Crippen LogP contribution in [-0.2, 0) is 13.0 Å². The molecule has 0 saturated heterocycles. The summed E-state index contributed by atoms with van der Waals surface area (Å²) in [7, 11) is 0. The van der Waals surface area contributed by atoms with Gasteiger partial charge in [-0.3, -0.25) is 9.59 Å². The molecule has 0 fully saturated rings. The summed E-state index contributed by atoms with van der Waals surface area (Å²) in [5.41, 5.74) is 5.18. The topological polar surface area (TPSA) is 62.0 Å². The van der Waals surface area contributed by atoms with E-state index in [4.69, 9.17) is 0 Å². The van der Waals surface area contributed by atoms with E-state index in [1.54, 1.807) is 0 Å². The van der Waals surface area contributed by atoms with Crippen LogP contribution in [0.5, 0.6) is 0 Å². The molecular formula is C18H20N2O2. The maximum absolute atomic E-state index is 12.4. The summed E-state index contributed by atoms with van der Waals surface area (Å²) in [6.07, 6.45) is 2.28. The number of Topliss-reactive ketones (excluding diaryl/α,β-unsaturated/α-hetero) is 1. The van der Waals surface area contributed by atoms with Gasteiger partial charge in [-0.05, 0) is 37.8 Å². The van der Waals surface area contributed by atoms with E-state index >= 15 is 0 Å². The maximum Gasteiger partial charge on any atom is 0.268 e. The molecular weight excluding hydrogens is 276 g/mol. The number of fused-ring (bicyclic) bond motifs is 1. The van der Waals surface area contributed by atoms with Gasteiger partial charge >= 0.3 is 0 Å². The molecule has 0 bridgehead atoms. The van der Waals surface area contributed by atoms with Crippen LogP contribution in [0, 0.1) is 13.8 Å². The van der Waals surface area contributed by atoms with E-state index in [1.807, 2.05) is 32.0 Å². The molecule has 4 heteroatoms. The van der Waals surface area contributed by atoms with Crippen LogP contribution in [0.1, 0.15) is 56.1 Å².